The summed E-state index contributed by atoms with van der Waals surface area (Å²) in [7, 11) is 0. The molecule has 0 saturated carbocycles. The summed E-state index contributed by atoms with van der Waals surface area (Å²) in [5.41, 5.74) is 0.867. The molecule has 0 radical (unpaired) electrons. The van der Waals surface area contributed by atoms with Gasteiger partial charge in [0, 0.05) is 24.4 Å². The smallest absolute Gasteiger partial charge is 0.364 e. The number of hydrogen-bond acceptors (Lipinski definition) is 19. The number of carbonyl (C=O) groups is 6. The van der Waals surface area contributed by atoms with E-state index in [9.17, 15) is 81.4 Å². The van der Waals surface area contributed by atoms with Crippen LogP contribution in [0.2, 0.25) is 5.02 Å². The summed E-state index contributed by atoms with van der Waals surface area (Å²) in [6, 6.07) is 4.81. The average Bonchev–Trinajstić information content (AvgIpc) is 3.89. The number of unbranched alkanes of at least 4 members (excludes halogenated alkanes) is 2. The molecule has 0 aliphatic carbocycles. The standard InChI is InChI=1S/C47H60ClF5N6O19/c48-28-7-5-27(6-8-28)20-32(63)54-22-31(62)43(69)45-42(55-33(64)26-60)30(61)21-47(78-45,46(70)71)76-11-3-1-2-4-34(65)58(25-35(66)67)23-29-24-59(57-56-29)10-13-73-15-17-75-19-18-74-16-14-72-12-9-36(68)77-44-40(52)38(50)37(49)39(51)41(44)53/h5-8,24,30-31,42-43,45,60-62,69H,1-4,9-23,25-26H2,(H,54,63)(H,55,64)(H,66,67)(H,70,71)/t30-,31+,42+,43+,45+,47+/m1/s1. The summed E-state index contributed by atoms with van der Waals surface area (Å²) >= 11 is 5.88. The minimum atomic E-state index is -2.62. The number of carboxylic acids is 2. The van der Waals surface area contributed by atoms with E-state index < -0.39 is 139 Å². The van der Waals surface area contributed by atoms with Crippen LogP contribution in [-0.4, -0.2) is 202 Å². The molecule has 25 nitrogen and oxygen atoms in total. The summed E-state index contributed by atoms with van der Waals surface area (Å²) < 4.78 is 105. The highest BCUT2D eigenvalue weighted by molar-refractivity contribution is 6.30. The second-order valence-electron chi connectivity index (χ2n) is 17.2. The van der Waals surface area contributed by atoms with E-state index >= 15 is 0 Å². The van der Waals surface area contributed by atoms with Gasteiger partial charge < -0.3 is 79.3 Å². The molecule has 8 N–H and O–H groups in total. The number of aliphatic hydroxyl groups is 4. The van der Waals surface area contributed by atoms with Crippen LogP contribution in [0.25, 0.3) is 0 Å². The number of carboxylic acid groups (broad SMARTS) is 2. The van der Waals surface area contributed by atoms with Gasteiger partial charge in [0.05, 0.1) is 110 Å². The predicted octanol–water partition coefficient (Wildman–Crippen LogP) is 0.168. The molecule has 0 bridgehead atoms. The van der Waals surface area contributed by atoms with Crippen molar-refractivity contribution in [1.29, 1.82) is 0 Å². The first-order valence-electron chi connectivity index (χ1n) is 24.1. The molecule has 4 rings (SSSR count). The van der Waals surface area contributed by atoms with Crippen molar-refractivity contribution >= 4 is 47.2 Å². The van der Waals surface area contributed by atoms with Crippen LogP contribution in [0.5, 0.6) is 5.75 Å². The zero-order valence-electron chi connectivity index (χ0n) is 41.7. The van der Waals surface area contributed by atoms with Gasteiger partial charge in [-0.1, -0.05) is 35.4 Å². The van der Waals surface area contributed by atoms with Crippen molar-refractivity contribution in [3.8, 4) is 5.75 Å². The number of nitrogens with one attached hydrogen (secondary N) is 2. The molecule has 1 aliphatic rings. The lowest BCUT2D eigenvalue weighted by Crippen LogP contribution is -2.68. The minimum absolute atomic E-state index is 0.00810. The molecule has 1 saturated heterocycles. The highest BCUT2D eigenvalue weighted by atomic mass is 35.5. The van der Waals surface area contributed by atoms with Gasteiger partial charge in [-0.15, -0.1) is 5.10 Å². The number of aliphatic hydroxyl groups excluding tert-OH is 4. The molecule has 1 fully saturated rings. The van der Waals surface area contributed by atoms with E-state index in [0.717, 1.165) is 4.90 Å². The zero-order chi connectivity index (χ0) is 57.4. The first kappa shape index (κ1) is 64.5. The number of ether oxygens (including phenoxy) is 7. The van der Waals surface area contributed by atoms with Crippen LogP contribution < -0.4 is 15.4 Å². The monoisotopic (exact) mass is 1140 g/mol. The molecule has 78 heavy (non-hydrogen) atoms. The van der Waals surface area contributed by atoms with Gasteiger partial charge in [-0.05, 0) is 30.5 Å². The summed E-state index contributed by atoms with van der Waals surface area (Å²) in [6.07, 6.45) is -6.97. The second kappa shape index (κ2) is 32.7. The third-order valence-electron chi connectivity index (χ3n) is 11.3. The largest absolute Gasteiger partial charge is 0.480 e. The first-order valence-corrected chi connectivity index (χ1v) is 24.5. The fourth-order valence-corrected chi connectivity index (χ4v) is 7.46. The van der Waals surface area contributed by atoms with Gasteiger partial charge in [0.25, 0.3) is 5.79 Å². The number of esters is 1. The molecule has 6 atom stereocenters. The lowest BCUT2D eigenvalue weighted by atomic mass is 9.88. The molecule has 3 aromatic rings. The zero-order valence-corrected chi connectivity index (χ0v) is 42.4. The van der Waals surface area contributed by atoms with Crippen molar-refractivity contribution in [1.82, 2.24) is 30.5 Å². The number of aliphatic carboxylic acids is 2. The Morgan fingerprint density at radius 1 is 0.808 bits per heavy atom. The Bertz CT molecular complexity index is 2420. The van der Waals surface area contributed by atoms with Crippen molar-refractivity contribution in [3.63, 3.8) is 0 Å². The number of nitrogens with zero attached hydrogens (tertiary/aromatic N) is 4. The predicted molar refractivity (Wildman–Crippen MR) is 252 cm³/mol. The second-order valence-corrected chi connectivity index (χ2v) is 17.6. The Kier molecular flexibility index (Phi) is 27.1. The normalized spacial score (nSPS) is 18.0. The highest BCUT2D eigenvalue weighted by Gasteiger charge is 2.56. The van der Waals surface area contributed by atoms with Crippen LogP contribution in [0.4, 0.5) is 22.0 Å². The molecule has 1 aliphatic heterocycles. The van der Waals surface area contributed by atoms with E-state index in [4.69, 9.17) is 40.0 Å². The number of halogens is 6. The van der Waals surface area contributed by atoms with Crippen molar-refractivity contribution in [2.75, 3.05) is 79.2 Å². The lowest BCUT2D eigenvalue weighted by molar-refractivity contribution is -0.310. The Morgan fingerprint density at radius 3 is 2.01 bits per heavy atom. The van der Waals surface area contributed by atoms with E-state index in [1.165, 1.54) is 10.9 Å². The van der Waals surface area contributed by atoms with E-state index in [1.54, 1.807) is 24.3 Å². The summed E-state index contributed by atoms with van der Waals surface area (Å²) in [6.45, 7) is -1.89. The highest BCUT2D eigenvalue weighted by Crippen LogP contribution is 2.34. The third kappa shape index (κ3) is 20.6. The van der Waals surface area contributed by atoms with Gasteiger partial charge in [-0.2, -0.15) is 8.78 Å². The molecular formula is C47H60ClF5N6O19. The van der Waals surface area contributed by atoms with Gasteiger partial charge in [0.15, 0.2) is 0 Å². The van der Waals surface area contributed by atoms with Gasteiger partial charge >= 0.3 is 17.9 Å². The van der Waals surface area contributed by atoms with Crippen LogP contribution in [0.1, 0.15) is 49.8 Å². The van der Waals surface area contributed by atoms with E-state index in [-0.39, 0.29) is 110 Å². The number of benzene rings is 2. The van der Waals surface area contributed by atoms with Gasteiger partial charge in [0.2, 0.25) is 52.6 Å². The molecule has 2 heterocycles. The Labute approximate surface area is 446 Å². The molecule has 0 spiro atoms. The van der Waals surface area contributed by atoms with Crippen LogP contribution >= 0.6 is 11.6 Å². The quantitative estimate of drug-likeness (QED) is 0.00960. The maximum Gasteiger partial charge on any atom is 0.364 e. The Hall–Kier alpha value is -6.06. The number of aromatic nitrogens is 3. The van der Waals surface area contributed by atoms with E-state index in [2.05, 4.69) is 25.7 Å². The van der Waals surface area contributed by atoms with E-state index in [0.29, 0.717) is 10.6 Å². The molecule has 0 unspecified atom stereocenters. The van der Waals surface area contributed by atoms with Gasteiger partial charge in [-0.25, -0.2) is 22.6 Å². The van der Waals surface area contributed by atoms with Crippen molar-refractivity contribution in [2.24, 2.45) is 0 Å². The lowest BCUT2D eigenvalue weighted by Gasteiger charge is -2.46. The maximum atomic E-state index is 13.7. The summed E-state index contributed by atoms with van der Waals surface area (Å²) in [5, 5.41) is 75.2. The topological polar surface area (TPSA) is 346 Å². The van der Waals surface area contributed by atoms with Crippen molar-refractivity contribution in [2.45, 2.75) is 94.3 Å². The van der Waals surface area contributed by atoms with Crippen LogP contribution in [-0.2, 0) is 76.7 Å². The first-order chi connectivity index (χ1) is 37.2. The fraction of sp³-hybridized carbons (Fsp3) is 0.574. The summed E-state index contributed by atoms with van der Waals surface area (Å²) in [5.74, 6) is -22.2. The Morgan fingerprint density at radius 2 is 1.41 bits per heavy atom. The third-order valence-corrected chi connectivity index (χ3v) is 11.5. The van der Waals surface area contributed by atoms with Crippen molar-refractivity contribution < 1.29 is 115 Å². The average molecular weight is 1140 g/mol. The van der Waals surface area contributed by atoms with Gasteiger partial charge in [0.1, 0.15) is 31.1 Å². The Balaban J connectivity index is 1.11. The molecule has 2 aromatic carbocycles. The molecule has 3 amide bonds. The van der Waals surface area contributed by atoms with Gasteiger partial charge in [-0.3, -0.25) is 24.0 Å². The number of hydrogen-bond donors (Lipinski definition) is 8. The molecule has 31 heteroatoms. The molecule has 434 valence electrons. The SMILES string of the molecule is O=C(O)CN(Cc1cn(CCOCCOCCOCCOCCC(=O)Oc2c(F)c(F)c(F)c(F)c2F)nn1)C(=O)CCCCCO[C@@]1(C(=O)O)C[C@@H](O)[C@H](NC(=O)CO)[C@@H]([C@@H](O)[C@@H](O)CNC(=O)Cc2ccc(Cl)cc2)O1. The summed E-state index contributed by atoms with van der Waals surface area (Å²) in [4.78, 5) is 75.0. The van der Waals surface area contributed by atoms with Crippen LogP contribution in [0.3, 0.4) is 0 Å². The maximum absolute atomic E-state index is 13.7. The van der Waals surface area contributed by atoms with Crippen LogP contribution in [0.15, 0.2) is 30.5 Å². The molecule has 1 aromatic heterocycles. The van der Waals surface area contributed by atoms with Crippen molar-refractivity contribution in [3.05, 3.63) is 75.8 Å². The number of amides is 3. The fourth-order valence-electron chi connectivity index (χ4n) is 7.33. The number of rotatable bonds is 36. The molecular weight excluding hydrogens is 1080 g/mol. The van der Waals surface area contributed by atoms with E-state index in [1.807, 2.05) is 0 Å². The van der Waals surface area contributed by atoms with Crippen LogP contribution in [0, 0.1) is 29.1 Å². The minimum Gasteiger partial charge on any atom is -0.480 e. The number of carbonyl (C=O) groups excluding carboxylic acids is 4.